The summed E-state index contributed by atoms with van der Waals surface area (Å²) in [5, 5.41) is 101. The van der Waals surface area contributed by atoms with Crippen molar-refractivity contribution < 1.29 is 79.6 Å². The Balaban J connectivity index is 1.21. The topological polar surface area (TPSA) is 273 Å². The van der Waals surface area contributed by atoms with Crippen LogP contribution in [0.3, 0.4) is 0 Å². The summed E-state index contributed by atoms with van der Waals surface area (Å²) in [5.41, 5.74) is 5.27. The number of hydrogen-bond donors (Lipinski definition) is 10. The number of aliphatic hydroxyl groups is 8. The first-order chi connectivity index (χ1) is 28.8. The van der Waals surface area contributed by atoms with Crippen LogP contribution in [0.4, 0.5) is 0 Å². The van der Waals surface area contributed by atoms with E-state index < -0.39 is 86.6 Å². The maximum atomic E-state index is 11.5. The van der Waals surface area contributed by atoms with E-state index in [0.29, 0.717) is 46.2 Å². The molecule has 16 nitrogen and oxygen atoms in total. The van der Waals surface area contributed by atoms with E-state index in [1.54, 1.807) is 60.7 Å². The molecule has 2 aliphatic rings. The van der Waals surface area contributed by atoms with Crippen molar-refractivity contribution in [2.45, 2.75) is 99.9 Å². The molecule has 16 heteroatoms. The van der Waals surface area contributed by atoms with Crippen LogP contribution in [0.15, 0.2) is 84.9 Å². The minimum absolute atomic E-state index is 0.216. The summed E-state index contributed by atoms with van der Waals surface area (Å²) in [7, 11) is 0. The van der Waals surface area contributed by atoms with Crippen LogP contribution in [0.2, 0.25) is 0 Å². The summed E-state index contributed by atoms with van der Waals surface area (Å²) < 4.78 is 23.3. The Morgan fingerprint density at radius 2 is 0.900 bits per heavy atom. The number of unbranched alkanes of at least 4 members (excludes halogenated alkanes) is 1. The summed E-state index contributed by atoms with van der Waals surface area (Å²) in [6.07, 6.45) is -12.7. The molecule has 0 aromatic heterocycles. The largest absolute Gasteiger partial charge is 0.481 e. The monoisotopic (exact) mass is 834 g/mol. The molecule has 6 rings (SSSR count). The van der Waals surface area contributed by atoms with E-state index in [-0.39, 0.29) is 24.3 Å². The van der Waals surface area contributed by atoms with Gasteiger partial charge in [0.1, 0.15) is 60.3 Å². The fourth-order valence-electron chi connectivity index (χ4n) is 7.41. The lowest BCUT2D eigenvalue weighted by Gasteiger charge is -2.39. The standard InChI is InChI=1S/C44H50O16/c45-21-33-37(51)39(53)41(55)43(59-33)57-31-13-11-23(17-29(31)27-9-3-7-25(15-27)19-35(47)48)5-1-2-6-24-12-14-32(58-44-42(56)40(54)38(52)34(22-46)60-44)30(18-24)28-10-4-8-26(16-28)20-36(49)50/h3-4,7-18,33-34,37-46,51-56H,1-2,5-6,19-22H2,(H,47,48)(H,49,50)/t33-,34-,37-,38-,39+,40+,41+,42+,43-,44-/m1/s1. The third-order valence-corrected chi connectivity index (χ3v) is 10.6. The highest BCUT2D eigenvalue weighted by atomic mass is 16.7. The van der Waals surface area contributed by atoms with E-state index in [0.717, 1.165) is 24.0 Å². The average Bonchev–Trinajstić information content (AvgIpc) is 3.23. The molecule has 0 saturated carbocycles. The minimum Gasteiger partial charge on any atom is -0.481 e. The SMILES string of the molecule is O=C(O)Cc1cccc(-c2cc(CCCCc3ccc(O[C@@H]4O[C@H](CO)[C@@H](O)[C@H](O)[C@@H]4O)c(-c4cccc(CC(=O)O)c4)c3)ccc2O[C@@H]2O[C@H](CO)[C@@H](O)[C@H](O)[C@@H]2O)c1. The Labute approximate surface area is 345 Å². The predicted molar refractivity (Wildman–Crippen MR) is 212 cm³/mol. The minimum atomic E-state index is -1.65. The third kappa shape index (κ3) is 10.7. The van der Waals surface area contributed by atoms with Gasteiger partial charge >= 0.3 is 11.9 Å². The second-order valence-corrected chi connectivity index (χ2v) is 15.0. The normalized spacial score (nSPS) is 26.7. The van der Waals surface area contributed by atoms with Gasteiger partial charge in [0.2, 0.25) is 12.6 Å². The van der Waals surface area contributed by atoms with E-state index in [1.165, 1.54) is 0 Å². The van der Waals surface area contributed by atoms with Crippen molar-refractivity contribution in [3.05, 3.63) is 107 Å². The molecule has 10 N–H and O–H groups in total. The highest BCUT2D eigenvalue weighted by Crippen LogP contribution is 2.37. The molecule has 10 atom stereocenters. The molecule has 0 bridgehead atoms. The number of carbonyl (C=O) groups is 2. The Kier molecular flexibility index (Phi) is 14.9. The van der Waals surface area contributed by atoms with E-state index in [2.05, 4.69) is 0 Å². The molecule has 4 aromatic carbocycles. The van der Waals surface area contributed by atoms with Gasteiger partial charge in [-0.3, -0.25) is 9.59 Å². The van der Waals surface area contributed by atoms with Crippen molar-refractivity contribution in [2.75, 3.05) is 13.2 Å². The van der Waals surface area contributed by atoms with E-state index in [4.69, 9.17) is 18.9 Å². The maximum Gasteiger partial charge on any atom is 0.307 e. The second-order valence-electron chi connectivity index (χ2n) is 15.0. The van der Waals surface area contributed by atoms with Crippen molar-refractivity contribution >= 4 is 11.9 Å². The first kappa shape index (κ1) is 44.6. The number of aryl methyl sites for hydroxylation is 2. The molecular formula is C44H50O16. The van der Waals surface area contributed by atoms with Crippen LogP contribution >= 0.6 is 0 Å². The fraction of sp³-hybridized carbons (Fsp3) is 0.409. The zero-order valence-electron chi connectivity index (χ0n) is 32.4. The van der Waals surface area contributed by atoms with Crippen LogP contribution < -0.4 is 9.47 Å². The maximum absolute atomic E-state index is 11.5. The molecule has 0 radical (unpaired) electrons. The van der Waals surface area contributed by atoms with Crippen LogP contribution in [-0.2, 0) is 44.7 Å². The van der Waals surface area contributed by atoms with Gasteiger partial charge in [0, 0.05) is 11.1 Å². The lowest BCUT2D eigenvalue weighted by Crippen LogP contribution is -2.60. The van der Waals surface area contributed by atoms with Gasteiger partial charge in [-0.2, -0.15) is 0 Å². The molecule has 0 amide bonds. The second kappa shape index (κ2) is 20.1. The van der Waals surface area contributed by atoms with Gasteiger partial charge in [-0.25, -0.2) is 0 Å². The molecule has 0 spiro atoms. The number of rotatable bonds is 17. The fourth-order valence-corrected chi connectivity index (χ4v) is 7.41. The smallest absolute Gasteiger partial charge is 0.307 e. The zero-order chi connectivity index (χ0) is 43.1. The summed E-state index contributed by atoms with van der Waals surface area (Å²) in [6, 6.07) is 24.6. The number of aliphatic hydroxyl groups excluding tert-OH is 8. The molecule has 0 unspecified atom stereocenters. The summed E-state index contributed by atoms with van der Waals surface area (Å²) >= 11 is 0. The van der Waals surface area contributed by atoms with Gasteiger partial charge < -0.3 is 70.0 Å². The number of carboxylic acids is 2. The van der Waals surface area contributed by atoms with Gasteiger partial charge in [0.15, 0.2) is 0 Å². The lowest BCUT2D eigenvalue weighted by atomic mass is 9.95. The average molecular weight is 835 g/mol. The predicted octanol–water partition coefficient (Wildman–Crippen LogP) is 1.20. The van der Waals surface area contributed by atoms with Crippen LogP contribution in [0.1, 0.15) is 35.1 Å². The number of carboxylic acid groups (broad SMARTS) is 2. The van der Waals surface area contributed by atoms with Gasteiger partial charge in [-0.05, 0) is 83.3 Å². The Morgan fingerprint density at radius 3 is 1.27 bits per heavy atom. The molecule has 2 saturated heterocycles. The molecule has 2 heterocycles. The Bertz CT molecular complexity index is 1940. The van der Waals surface area contributed by atoms with Crippen molar-refractivity contribution in [1.82, 2.24) is 0 Å². The van der Waals surface area contributed by atoms with Crippen LogP contribution in [0.25, 0.3) is 22.3 Å². The summed E-state index contributed by atoms with van der Waals surface area (Å²) in [5.74, 6) is -1.51. The van der Waals surface area contributed by atoms with E-state index in [9.17, 15) is 60.7 Å². The molecule has 60 heavy (non-hydrogen) atoms. The number of aliphatic carboxylic acids is 2. The van der Waals surface area contributed by atoms with Crippen molar-refractivity contribution in [2.24, 2.45) is 0 Å². The van der Waals surface area contributed by atoms with Gasteiger partial charge in [-0.15, -0.1) is 0 Å². The molecule has 322 valence electrons. The first-order valence-corrected chi connectivity index (χ1v) is 19.6. The Morgan fingerprint density at radius 1 is 0.500 bits per heavy atom. The summed E-state index contributed by atoms with van der Waals surface area (Å²) in [6.45, 7) is -1.26. The van der Waals surface area contributed by atoms with Gasteiger partial charge in [0.25, 0.3) is 0 Å². The van der Waals surface area contributed by atoms with Crippen LogP contribution in [-0.4, -0.2) is 138 Å². The highest BCUT2D eigenvalue weighted by molar-refractivity contribution is 5.76. The number of hydrogen-bond acceptors (Lipinski definition) is 14. The molecular weight excluding hydrogens is 784 g/mol. The lowest BCUT2D eigenvalue weighted by molar-refractivity contribution is -0.277. The number of ether oxygens (including phenoxy) is 4. The highest BCUT2D eigenvalue weighted by Gasteiger charge is 2.46. The molecule has 2 fully saturated rings. The van der Waals surface area contributed by atoms with Crippen LogP contribution in [0.5, 0.6) is 11.5 Å². The number of benzene rings is 4. The van der Waals surface area contributed by atoms with E-state index >= 15 is 0 Å². The van der Waals surface area contributed by atoms with Gasteiger partial charge in [0.05, 0.1) is 26.1 Å². The molecule has 4 aromatic rings. The van der Waals surface area contributed by atoms with Crippen LogP contribution in [0, 0.1) is 0 Å². The van der Waals surface area contributed by atoms with Crippen molar-refractivity contribution in [1.29, 1.82) is 0 Å². The quantitative estimate of drug-likeness (QED) is 0.0670. The van der Waals surface area contributed by atoms with E-state index in [1.807, 2.05) is 24.3 Å². The summed E-state index contributed by atoms with van der Waals surface area (Å²) in [4.78, 5) is 23.0. The Hall–Kier alpha value is -4.98. The zero-order valence-corrected chi connectivity index (χ0v) is 32.4. The third-order valence-electron chi connectivity index (χ3n) is 10.6. The van der Waals surface area contributed by atoms with Crippen molar-refractivity contribution in [3.63, 3.8) is 0 Å². The first-order valence-electron chi connectivity index (χ1n) is 19.6. The van der Waals surface area contributed by atoms with Crippen molar-refractivity contribution in [3.8, 4) is 33.8 Å². The molecule has 2 aliphatic heterocycles. The van der Waals surface area contributed by atoms with Gasteiger partial charge in [-0.1, -0.05) is 60.7 Å². The molecule has 0 aliphatic carbocycles.